The van der Waals surface area contributed by atoms with Gasteiger partial charge < -0.3 is 19.8 Å². The molecule has 0 spiro atoms. The minimum absolute atomic E-state index is 0.162. The predicted octanol–water partition coefficient (Wildman–Crippen LogP) is 4.26. The lowest BCUT2D eigenvalue weighted by Crippen LogP contribution is -2.27. The van der Waals surface area contributed by atoms with Gasteiger partial charge in [0.1, 0.15) is 5.75 Å². The molecule has 0 aromatic heterocycles. The molecule has 27 heavy (non-hydrogen) atoms. The van der Waals surface area contributed by atoms with E-state index in [1.165, 1.54) is 0 Å². The molecule has 0 saturated carbocycles. The topological polar surface area (TPSA) is 81.0 Å². The molecule has 0 aliphatic carbocycles. The first-order valence-electron chi connectivity index (χ1n) is 8.76. The molecule has 3 rings (SSSR count). The van der Waals surface area contributed by atoms with Crippen molar-refractivity contribution in [2.24, 2.45) is 0 Å². The Bertz CT molecular complexity index is 929. The quantitative estimate of drug-likeness (QED) is 0.670. The van der Waals surface area contributed by atoms with E-state index in [4.69, 9.17) is 0 Å². The van der Waals surface area contributed by atoms with Crippen LogP contribution in [0.4, 0.5) is 5.69 Å². The monoisotopic (exact) mass is 385 g/mol. The Hall–Kier alpha value is -2.33. The molecule has 2 aromatic rings. The molecule has 0 amide bonds. The van der Waals surface area contributed by atoms with Gasteiger partial charge >= 0.3 is 7.60 Å². The van der Waals surface area contributed by atoms with E-state index in [1.807, 2.05) is 68.6 Å². The van der Waals surface area contributed by atoms with E-state index in [2.05, 4.69) is 4.90 Å². The first kappa shape index (κ1) is 19.4. The van der Waals surface area contributed by atoms with Gasteiger partial charge in [0, 0.05) is 23.8 Å². The summed E-state index contributed by atoms with van der Waals surface area (Å²) < 4.78 is 11.5. The normalized spacial score (nSPS) is 21.2. The smallest absolute Gasteiger partial charge is 0.325 e. The molecule has 2 aromatic carbocycles. The van der Waals surface area contributed by atoms with Gasteiger partial charge in [0.15, 0.2) is 0 Å². The van der Waals surface area contributed by atoms with Crippen molar-refractivity contribution in [3.63, 3.8) is 0 Å². The third kappa shape index (κ3) is 4.16. The van der Waals surface area contributed by atoms with Crippen molar-refractivity contribution >= 4 is 19.4 Å². The zero-order valence-corrected chi connectivity index (χ0v) is 16.3. The van der Waals surface area contributed by atoms with Crippen LogP contribution in [0.5, 0.6) is 5.75 Å². The molecule has 0 saturated heterocycles. The highest BCUT2D eigenvalue weighted by molar-refractivity contribution is 7.51. The third-order valence-electron chi connectivity index (χ3n) is 5.13. The highest BCUT2D eigenvalue weighted by Gasteiger charge is 2.42. The Morgan fingerprint density at radius 1 is 1.11 bits per heavy atom. The summed E-state index contributed by atoms with van der Waals surface area (Å²) in [7, 11) is -2.11. The van der Waals surface area contributed by atoms with Crippen LogP contribution in [-0.4, -0.2) is 28.1 Å². The Kier molecular flexibility index (Phi) is 5.29. The highest BCUT2D eigenvalue weighted by atomic mass is 31.2. The van der Waals surface area contributed by atoms with Crippen molar-refractivity contribution in [2.45, 2.75) is 18.8 Å². The molecule has 6 heteroatoms. The number of nitrogens with zero attached hydrogens (tertiary/aromatic N) is 1. The van der Waals surface area contributed by atoms with E-state index in [0.29, 0.717) is 6.42 Å². The van der Waals surface area contributed by atoms with Crippen LogP contribution >= 0.6 is 7.60 Å². The van der Waals surface area contributed by atoms with Crippen molar-refractivity contribution in [1.29, 1.82) is 0 Å². The maximum absolute atomic E-state index is 11.5. The van der Waals surface area contributed by atoms with Gasteiger partial charge in [-0.15, -0.1) is 0 Å². The van der Waals surface area contributed by atoms with Gasteiger partial charge in [-0.25, -0.2) is 0 Å². The number of phenolic OH excluding ortho intramolecular Hbond substituents is 1. The van der Waals surface area contributed by atoms with E-state index >= 15 is 0 Å². The maximum atomic E-state index is 11.5. The lowest BCUT2D eigenvalue weighted by atomic mass is 9.79. The number of hydrogen-bond donors (Lipinski definition) is 3. The zero-order valence-electron chi connectivity index (χ0n) is 15.4. The van der Waals surface area contributed by atoms with Crippen molar-refractivity contribution in [1.82, 2.24) is 0 Å². The number of rotatable bonds is 5. The summed E-state index contributed by atoms with van der Waals surface area (Å²) in [6.45, 7) is 2.03. The van der Waals surface area contributed by atoms with E-state index < -0.39 is 13.0 Å². The Morgan fingerprint density at radius 2 is 1.78 bits per heavy atom. The van der Waals surface area contributed by atoms with Crippen LogP contribution in [0, 0.1) is 0 Å². The summed E-state index contributed by atoms with van der Waals surface area (Å²) >= 11 is 0. The van der Waals surface area contributed by atoms with Gasteiger partial charge in [-0.3, -0.25) is 4.57 Å². The van der Waals surface area contributed by atoms with Gasteiger partial charge in [0.05, 0.1) is 6.16 Å². The van der Waals surface area contributed by atoms with Crippen LogP contribution in [0.3, 0.4) is 0 Å². The lowest BCUT2D eigenvalue weighted by Gasteiger charge is -2.28. The lowest BCUT2D eigenvalue weighted by molar-refractivity contribution is 0.365. The molecule has 0 bridgehead atoms. The van der Waals surface area contributed by atoms with Crippen LogP contribution in [0.1, 0.15) is 24.5 Å². The summed E-state index contributed by atoms with van der Waals surface area (Å²) in [6, 6.07) is 14.9. The second-order valence-corrected chi connectivity index (χ2v) is 8.83. The standard InChI is InChI=1S/C21H24NO4P/c1-21(14-15-27(24,25)26)18-7-3-4-8-19(18)22(2)20(21)9-5-6-16-10-12-17(23)13-11-16/h3-13,23H,14-15H2,1-2H3,(H2,24,25,26). The highest BCUT2D eigenvalue weighted by Crippen LogP contribution is 2.51. The van der Waals surface area contributed by atoms with Gasteiger partial charge in [-0.1, -0.05) is 42.5 Å². The first-order valence-corrected chi connectivity index (χ1v) is 10.6. The summed E-state index contributed by atoms with van der Waals surface area (Å²) in [5.41, 5.74) is 3.60. The fourth-order valence-electron chi connectivity index (χ4n) is 3.63. The zero-order chi connectivity index (χ0) is 19.7. The Balaban J connectivity index is 1.96. The second kappa shape index (κ2) is 7.35. The fourth-order valence-corrected chi connectivity index (χ4v) is 4.37. The Morgan fingerprint density at radius 3 is 2.44 bits per heavy atom. The number of fused-ring (bicyclic) bond motifs is 1. The molecule has 5 nitrogen and oxygen atoms in total. The van der Waals surface area contributed by atoms with E-state index in [-0.39, 0.29) is 11.9 Å². The molecule has 1 aliphatic rings. The number of phenols is 1. The van der Waals surface area contributed by atoms with Crippen molar-refractivity contribution < 1.29 is 19.5 Å². The number of likely N-dealkylation sites (N-methyl/N-ethyl adjacent to an activating group) is 1. The molecule has 3 N–H and O–H groups in total. The number of hydrogen-bond acceptors (Lipinski definition) is 3. The summed E-state index contributed by atoms with van der Waals surface area (Å²) in [5, 5.41) is 9.38. The fraction of sp³-hybridized carbons (Fsp3) is 0.238. The number of benzene rings is 2. The third-order valence-corrected chi connectivity index (χ3v) is 5.93. The summed E-state index contributed by atoms with van der Waals surface area (Å²) in [4.78, 5) is 20.8. The average Bonchev–Trinajstić information content (AvgIpc) is 2.84. The summed E-state index contributed by atoms with van der Waals surface area (Å²) in [5.74, 6) is 0.224. The van der Waals surface area contributed by atoms with Crippen LogP contribution in [0.2, 0.25) is 0 Å². The number of allylic oxidation sites excluding steroid dienone is 3. The van der Waals surface area contributed by atoms with Crippen LogP contribution in [0.15, 0.2) is 66.4 Å². The average molecular weight is 385 g/mol. The second-order valence-electron chi connectivity index (χ2n) is 7.05. The SMILES string of the molecule is CN1C(=CC=Cc2ccc(O)cc2)C(C)(CCP(=O)(O)O)c2ccccc21. The van der Waals surface area contributed by atoms with E-state index in [9.17, 15) is 19.5 Å². The minimum atomic E-state index is -4.08. The predicted molar refractivity (Wildman–Crippen MR) is 109 cm³/mol. The largest absolute Gasteiger partial charge is 0.508 e. The first-order chi connectivity index (χ1) is 12.7. The van der Waals surface area contributed by atoms with E-state index in [0.717, 1.165) is 22.5 Å². The Labute approximate surface area is 159 Å². The van der Waals surface area contributed by atoms with Crippen molar-refractivity contribution in [3.05, 3.63) is 77.5 Å². The van der Waals surface area contributed by atoms with Gasteiger partial charge in [0.2, 0.25) is 0 Å². The number of aromatic hydroxyl groups is 1. The van der Waals surface area contributed by atoms with Crippen LogP contribution in [0.25, 0.3) is 6.08 Å². The molecular formula is C21H24NO4P. The number of para-hydroxylation sites is 1. The van der Waals surface area contributed by atoms with Crippen LogP contribution < -0.4 is 4.90 Å². The molecule has 1 unspecified atom stereocenters. The summed E-state index contributed by atoms with van der Waals surface area (Å²) in [6.07, 6.45) is 6.06. The van der Waals surface area contributed by atoms with E-state index in [1.54, 1.807) is 12.1 Å². The molecule has 0 fully saturated rings. The maximum Gasteiger partial charge on any atom is 0.325 e. The van der Waals surface area contributed by atoms with Crippen molar-refractivity contribution in [3.8, 4) is 5.75 Å². The molecule has 1 heterocycles. The van der Waals surface area contributed by atoms with Gasteiger partial charge in [-0.2, -0.15) is 0 Å². The van der Waals surface area contributed by atoms with Gasteiger partial charge in [-0.05, 0) is 48.7 Å². The molecule has 0 radical (unpaired) electrons. The van der Waals surface area contributed by atoms with Gasteiger partial charge in [0.25, 0.3) is 0 Å². The molecule has 1 aliphatic heterocycles. The van der Waals surface area contributed by atoms with Crippen LogP contribution in [-0.2, 0) is 9.98 Å². The molecule has 142 valence electrons. The molecule has 1 atom stereocenters. The number of anilines is 1. The molecular weight excluding hydrogens is 361 g/mol. The minimum Gasteiger partial charge on any atom is -0.508 e. The van der Waals surface area contributed by atoms with Crippen molar-refractivity contribution in [2.75, 3.05) is 18.1 Å².